The highest BCUT2D eigenvalue weighted by Crippen LogP contribution is 2.11. The van der Waals surface area contributed by atoms with E-state index in [1.54, 1.807) is 0 Å². The average Bonchev–Trinajstić information content (AvgIpc) is 2.47. The molecule has 1 fully saturated rings. The van der Waals surface area contributed by atoms with Gasteiger partial charge in [-0.15, -0.1) is 0 Å². The van der Waals surface area contributed by atoms with E-state index < -0.39 is 6.09 Å². The summed E-state index contributed by atoms with van der Waals surface area (Å²) in [6.45, 7) is 4.82. The van der Waals surface area contributed by atoms with Gasteiger partial charge in [-0.05, 0) is 12.3 Å². The summed E-state index contributed by atoms with van der Waals surface area (Å²) in [6.07, 6.45) is 3.83. The minimum Gasteiger partial charge on any atom is -0.439 e. The van der Waals surface area contributed by atoms with Crippen LogP contribution in [0.25, 0.3) is 0 Å². The van der Waals surface area contributed by atoms with Crippen LogP contribution < -0.4 is 0 Å². The summed E-state index contributed by atoms with van der Waals surface area (Å²) in [6, 6.07) is 0. The van der Waals surface area contributed by atoms with Crippen molar-refractivity contribution < 1.29 is 14.3 Å². The topological polar surface area (TPSA) is 46.6 Å². The molecule has 0 atom stereocenters. The standard InChI is InChI=1S/C11H19NO3/c1-9(2)6-4-3-5-7-12-10(13)8-15-11(12)14/h9H,3-8H2,1-2H3. The minimum absolute atomic E-state index is 0.0785. The van der Waals surface area contributed by atoms with Gasteiger partial charge in [0.25, 0.3) is 5.91 Å². The predicted octanol–water partition coefficient (Wildman–Crippen LogP) is 2.18. The predicted molar refractivity (Wildman–Crippen MR) is 56.4 cm³/mol. The van der Waals surface area contributed by atoms with Gasteiger partial charge in [-0.3, -0.25) is 4.79 Å². The van der Waals surface area contributed by atoms with E-state index in [0.29, 0.717) is 6.54 Å². The molecule has 1 heterocycles. The van der Waals surface area contributed by atoms with Gasteiger partial charge in [0.2, 0.25) is 0 Å². The minimum atomic E-state index is -0.483. The lowest BCUT2D eigenvalue weighted by atomic mass is 10.1. The van der Waals surface area contributed by atoms with E-state index in [0.717, 1.165) is 25.2 Å². The Labute approximate surface area is 90.6 Å². The molecule has 4 heteroatoms. The van der Waals surface area contributed by atoms with E-state index in [1.807, 2.05) is 0 Å². The molecule has 1 rings (SSSR count). The highest BCUT2D eigenvalue weighted by Gasteiger charge is 2.29. The molecule has 0 radical (unpaired) electrons. The van der Waals surface area contributed by atoms with Gasteiger partial charge in [0, 0.05) is 6.54 Å². The van der Waals surface area contributed by atoms with Crippen LogP contribution in [0.15, 0.2) is 0 Å². The normalized spacial score (nSPS) is 16.3. The molecule has 0 unspecified atom stereocenters. The quantitative estimate of drug-likeness (QED) is 0.635. The molecule has 0 aromatic carbocycles. The number of hydrogen-bond donors (Lipinski definition) is 0. The Kier molecular flexibility index (Phi) is 4.59. The zero-order valence-corrected chi connectivity index (χ0v) is 9.49. The molecule has 0 saturated carbocycles. The van der Waals surface area contributed by atoms with Crippen molar-refractivity contribution in [1.82, 2.24) is 4.90 Å². The number of imide groups is 1. The van der Waals surface area contributed by atoms with E-state index in [2.05, 4.69) is 18.6 Å². The molecule has 0 spiro atoms. The first-order chi connectivity index (χ1) is 7.11. The van der Waals surface area contributed by atoms with Crippen LogP contribution in [0.5, 0.6) is 0 Å². The largest absolute Gasteiger partial charge is 0.439 e. The van der Waals surface area contributed by atoms with Gasteiger partial charge in [0.1, 0.15) is 0 Å². The average molecular weight is 213 g/mol. The van der Waals surface area contributed by atoms with Crippen molar-refractivity contribution in [3.63, 3.8) is 0 Å². The van der Waals surface area contributed by atoms with E-state index >= 15 is 0 Å². The first kappa shape index (κ1) is 12.0. The number of carbonyl (C=O) groups excluding carboxylic acids is 2. The highest BCUT2D eigenvalue weighted by molar-refractivity contribution is 5.97. The monoisotopic (exact) mass is 213 g/mol. The molecule has 0 aromatic rings. The molecular formula is C11H19NO3. The smallest absolute Gasteiger partial charge is 0.417 e. The summed E-state index contributed by atoms with van der Waals surface area (Å²) in [7, 11) is 0. The van der Waals surface area contributed by atoms with Crippen LogP contribution in [-0.4, -0.2) is 30.1 Å². The molecule has 1 saturated heterocycles. The number of rotatable bonds is 6. The fourth-order valence-corrected chi connectivity index (χ4v) is 1.60. The number of amides is 2. The third-order valence-corrected chi connectivity index (χ3v) is 2.50. The lowest BCUT2D eigenvalue weighted by molar-refractivity contribution is -0.125. The summed E-state index contributed by atoms with van der Waals surface area (Å²) in [4.78, 5) is 23.4. The Hall–Kier alpha value is -1.06. The number of ether oxygens (including phenoxy) is 1. The van der Waals surface area contributed by atoms with Gasteiger partial charge in [0.15, 0.2) is 6.61 Å². The second kappa shape index (κ2) is 5.73. The van der Waals surface area contributed by atoms with Gasteiger partial charge in [-0.25, -0.2) is 9.69 Å². The van der Waals surface area contributed by atoms with E-state index in [4.69, 9.17) is 0 Å². The fourth-order valence-electron chi connectivity index (χ4n) is 1.60. The second-order valence-electron chi connectivity index (χ2n) is 4.34. The van der Waals surface area contributed by atoms with Gasteiger partial charge in [-0.2, -0.15) is 0 Å². The third-order valence-electron chi connectivity index (χ3n) is 2.50. The van der Waals surface area contributed by atoms with Crippen LogP contribution in [0.3, 0.4) is 0 Å². The van der Waals surface area contributed by atoms with Crippen molar-refractivity contribution in [1.29, 1.82) is 0 Å². The van der Waals surface area contributed by atoms with Crippen LogP contribution in [0, 0.1) is 5.92 Å². The van der Waals surface area contributed by atoms with Crippen molar-refractivity contribution in [2.24, 2.45) is 5.92 Å². The maximum atomic E-state index is 11.1. The van der Waals surface area contributed by atoms with Gasteiger partial charge < -0.3 is 4.74 Å². The van der Waals surface area contributed by atoms with Crippen molar-refractivity contribution in [3.8, 4) is 0 Å². The van der Waals surface area contributed by atoms with E-state index in [9.17, 15) is 9.59 Å². The molecule has 2 amide bonds. The maximum absolute atomic E-state index is 11.1. The molecule has 0 aliphatic carbocycles. The van der Waals surface area contributed by atoms with Crippen molar-refractivity contribution in [3.05, 3.63) is 0 Å². The number of cyclic esters (lactones) is 1. The molecule has 86 valence electrons. The van der Waals surface area contributed by atoms with Crippen LogP contribution in [0.2, 0.25) is 0 Å². The Morgan fingerprint density at radius 3 is 2.53 bits per heavy atom. The fraction of sp³-hybridized carbons (Fsp3) is 0.818. The zero-order chi connectivity index (χ0) is 11.3. The Balaban J connectivity index is 2.09. The Bertz CT molecular complexity index is 222. The van der Waals surface area contributed by atoms with E-state index in [1.165, 1.54) is 11.3 Å². The van der Waals surface area contributed by atoms with Crippen LogP contribution in [-0.2, 0) is 9.53 Å². The first-order valence-corrected chi connectivity index (χ1v) is 5.58. The Morgan fingerprint density at radius 1 is 1.27 bits per heavy atom. The zero-order valence-electron chi connectivity index (χ0n) is 9.49. The highest BCUT2D eigenvalue weighted by atomic mass is 16.6. The van der Waals surface area contributed by atoms with Crippen LogP contribution in [0.1, 0.15) is 39.5 Å². The molecule has 15 heavy (non-hydrogen) atoms. The van der Waals surface area contributed by atoms with Gasteiger partial charge >= 0.3 is 6.09 Å². The van der Waals surface area contributed by atoms with Gasteiger partial charge in [0.05, 0.1) is 0 Å². The van der Waals surface area contributed by atoms with Crippen molar-refractivity contribution >= 4 is 12.0 Å². The molecular weight excluding hydrogens is 194 g/mol. The molecule has 0 bridgehead atoms. The van der Waals surface area contributed by atoms with Crippen LogP contribution in [0.4, 0.5) is 4.79 Å². The van der Waals surface area contributed by atoms with E-state index in [-0.39, 0.29) is 12.5 Å². The summed E-state index contributed by atoms with van der Waals surface area (Å²) < 4.78 is 4.61. The number of hydrogen-bond acceptors (Lipinski definition) is 3. The molecule has 0 N–H and O–H groups in total. The van der Waals surface area contributed by atoms with Crippen molar-refractivity contribution in [2.45, 2.75) is 39.5 Å². The number of carbonyl (C=O) groups is 2. The second-order valence-corrected chi connectivity index (χ2v) is 4.34. The molecule has 4 nitrogen and oxygen atoms in total. The summed E-state index contributed by atoms with van der Waals surface area (Å²) in [5.74, 6) is 0.521. The Morgan fingerprint density at radius 2 is 2.00 bits per heavy atom. The summed E-state index contributed by atoms with van der Waals surface area (Å²) >= 11 is 0. The number of nitrogens with zero attached hydrogens (tertiary/aromatic N) is 1. The lowest BCUT2D eigenvalue weighted by Gasteiger charge is -2.10. The summed E-state index contributed by atoms with van der Waals surface area (Å²) in [5.41, 5.74) is 0. The first-order valence-electron chi connectivity index (χ1n) is 5.58. The lowest BCUT2D eigenvalue weighted by Crippen LogP contribution is -2.29. The molecule has 1 aliphatic rings. The SMILES string of the molecule is CC(C)CCCCCN1C(=O)COC1=O. The molecule has 1 aliphatic heterocycles. The molecule has 0 aromatic heterocycles. The van der Waals surface area contributed by atoms with Crippen LogP contribution >= 0.6 is 0 Å². The summed E-state index contributed by atoms with van der Waals surface area (Å²) in [5, 5.41) is 0. The van der Waals surface area contributed by atoms with Crippen molar-refractivity contribution in [2.75, 3.05) is 13.2 Å². The third kappa shape index (κ3) is 3.90. The maximum Gasteiger partial charge on any atom is 0.417 e. The number of unbranched alkanes of at least 4 members (excludes halogenated alkanes) is 2. The van der Waals surface area contributed by atoms with Gasteiger partial charge in [-0.1, -0.05) is 33.1 Å².